The second-order valence-electron chi connectivity index (χ2n) is 5.73. The van der Waals surface area contributed by atoms with Crippen molar-refractivity contribution in [2.45, 2.75) is 45.8 Å². The highest BCUT2D eigenvalue weighted by molar-refractivity contribution is 5.87. The summed E-state index contributed by atoms with van der Waals surface area (Å²) >= 11 is 0. The minimum Gasteiger partial charge on any atom is -0.467 e. The molecule has 0 fully saturated rings. The molecule has 24 heavy (non-hydrogen) atoms. The van der Waals surface area contributed by atoms with Crippen LogP contribution in [0.3, 0.4) is 0 Å². The van der Waals surface area contributed by atoms with Gasteiger partial charge in [0.15, 0.2) is 0 Å². The van der Waals surface area contributed by atoms with E-state index in [4.69, 9.17) is 4.42 Å². The van der Waals surface area contributed by atoms with Crippen molar-refractivity contribution in [3.8, 4) is 0 Å². The summed E-state index contributed by atoms with van der Waals surface area (Å²) in [7, 11) is 0. The summed E-state index contributed by atoms with van der Waals surface area (Å²) in [6.45, 7) is 4.46. The van der Waals surface area contributed by atoms with Crippen molar-refractivity contribution in [1.82, 2.24) is 10.2 Å². The highest BCUT2D eigenvalue weighted by Crippen LogP contribution is 2.12. The van der Waals surface area contributed by atoms with Crippen molar-refractivity contribution in [3.63, 3.8) is 0 Å². The van der Waals surface area contributed by atoms with Gasteiger partial charge in [0.25, 0.3) is 0 Å². The third-order valence-corrected chi connectivity index (χ3v) is 3.84. The minimum absolute atomic E-state index is 0.0120. The van der Waals surface area contributed by atoms with E-state index in [2.05, 4.69) is 5.32 Å². The van der Waals surface area contributed by atoms with E-state index in [0.29, 0.717) is 25.3 Å². The number of amides is 2. The Balaban J connectivity index is 2.03. The lowest BCUT2D eigenvalue weighted by atomic mass is 10.1. The maximum Gasteiger partial charge on any atom is 0.242 e. The van der Waals surface area contributed by atoms with Gasteiger partial charge in [0, 0.05) is 13.0 Å². The smallest absolute Gasteiger partial charge is 0.242 e. The van der Waals surface area contributed by atoms with Gasteiger partial charge in [0.2, 0.25) is 11.8 Å². The molecule has 2 amide bonds. The van der Waals surface area contributed by atoms with Crippen molar-refractivity contribution in [1.29, 1.82) is 0 Å². The molecule has 0 saturated carbocycles. The van der Waals surface area contributed by atoms with E-state index in [1.165, 1.54) is 0 Å². The van der Waals surface area contributed by atoms with Crippen molar-refractivity contribution in [2.75, 3.05) is 0 Å². The molecule has 5 heteroatoms. The van der Waals surface area contributed by atoms with Crippen LogP contribution >= 0.6 is 0 Å². The molecule has 2 aromatic rings. The number of rotatable bonds is 8. The highest BCUT2D eigenvalue weighted by Gasteiger charge is 2.25. The normalized spacial score (nSPS) is 11.8. The van der Waals surface area contributed by atoms with Crippen LogP contribution in [0, 0.1) is 0 Å². The number of benzene rings is 1. The molecule has 0 radical (unpaired) electrons. The molecule has 0 unspecified atom stereocenters. The lowest BCUT2D eigenvalue weighted by molar-refractivity contribution is -0.140. The SMILES string of the molecule is CCCC(=O)N(Cc1ccccc1)[C@H](C)C(=O)NCc1ccco1. The molecule has 0 bridgehead atoms. The first-order valence-corrected chi connectivity index (χ1v) is 8.25. The van der Waals surface area contributed by atoms with Crippen LogP contribution in [0.1, 0.15) is 38.0 Å². The van der Waals surface area contributed by atoms with Gasteiger partial charge in [-0.1, -0.05) is 37.3 Å². The molecule has 128 valence electrons. The molecule has 1 atom stereocenters. The number of furan rings is 1. The third-order valence-electron chi connectivity index (χ3n) is 3.84. The van der Waals surface area contributed by atoms with Gasteiger partial charge < -0.3 is 14.6 Å². The number of nitrogens with one attached hydrogen (secondary N) is 1. The Labute approximate surface area is 142 Å². The van der Waals surface area contributed by atoms with Crippen molar-refractivity contribution < 1.29 is 14.0 Å². The van der Waals surface area contributed by atoms with Gasteiger partial charge in [-0.2, -0.15) is 0 Å². The van der Waals surface area contributed by atoms with Crippen LogP contribution in [-0.4, -0.2) is 22.8 Å². The lowest BCUT2D eigenvalue weighted by Crippen LogP contribution is -2.47. The van der Waals surface area contributed by atoms with Crippen LogP contribution in [-0.2, 0) is 22.7 Å². The average Bonchev–Trinajstić information content (AvgIpc) is 3.11. The third kappa shape index (κ3) is 4.98. The van der Waals surface area contributed by atoms with Gasteiger partial charge in [-0.05, 0) is 31.0 Å². The monoisotopic (exact) mass is 328 g/mol. The maximum atomic E-state index is 12.5. The van der Waals surface area contributed by atoms with Gasteiger partial charge in [0.1, 0.15) is 11.8 Å². The quantitative estimate of drug-likeness (QED) is 0.810. The lowest BCUT2D eigenvalue weighted by Gasteiger charge is -2.28. The van der Waals surface area contributed by atoms with Crippen LogP contribution < -0.4 is 5.32 Å². The molecule has 5 nitrogen and oxygen atoms in total. The molecular formula is C19H24N2O3. The molecule has 1 N–H and O–H groups in total. The standard InChI is InChI=1S/C19H24N2O3/c1-3-8-18(22)21(14-16-9-5-4-6-10-16)15(2)19(23)20-13-17-11-7-12-24-17/h4-7,9-12,15H,3,8,13-14H2,1-2H3,(H,20,23)/t15-/m1/s1. The van der Waals surface area contributed by atoms with Crippen LogP contribution in [0.25, 0.3) is 0 Å². The number of carbonyl (C=O) groups excluding carboxylic acids is 2. The zero-order valence-corrected chi connectivity index (χ0v) is 14.2. The number of hydrogen-bond acceptors (Lipinski definition) is 3. The molecule has 0 spiro atoms. The summed E-state index contributed by atoms with van der Waals surface area (Å²) in [5, 5.41) is 2.82. The van der Waals surface area contributed by atoms with Crippen molar-refractivity contribution >= 4 is 11.8 Å². The number of hydrogen-bond donors (Lipinski definition) is 1. The Hall–Kier alpha value is -2.56. The van der Waals surface area contributed by atoms with Gasteiger partial charge in [-0.3, -0.25) is 9.59 Å². The minimum atomic E-state index is -0.542. The summed E-state index contributed by atoms with van der Waals surface area (Å²) in [4.78, 5) is 26.5. The molecule has 1 aromatic carbocycles. The predicted octanol–water partition coefficient (Wildman–Crippen LogP) is 3.11. The second-order valence-corrected chi connectivity index (χ2v) is 5.73. The number of carbonyl (C=O) groups is 2. The van der Waals surface area contributed by atoms with E-state index in [9.17, 15) is 9.59 Å². The first-order chi connectivity index (χ1) is 11.6. The zero-order chi connectivity index (χ0) is 17.4. The Morgan fingerprint density at radius 2 is 1.92 bits per heavy atom. The first-order valence-electron chi connectivity index (χ1n) is 8.25. The van der Waals surface area contributed by atoms with E-state index in [0.717, 1.165) is 12.0 Å². The van der Waals surface area contributed by atoms with E-state index in [1.807, 2.05) is 37.3 Å². The fourth-order valence-corrected chi connectivity index (χ4v) is 2.46. The fraction of sp³-hybridized carbons (Fsp3) is 0.368. The maximum absolute atomic E-state index is 12.5. The van der Waals surface area contributed by atoms with Crippen LogP contribution in [0.4, 0.5) is 0 Å². The summed E-state index contributed by atoms with van der Waals surface area (Å²) in [5.74, 6) is 0.485. The van der Waals surface area contributed by atoms with Crippen LogP contribution in [0.15, 0.2) is 53.1 Å². The Kier molecular flexibility index (Phi) is 6.61. The zero-order valence-electron chi connectivity index (χ0n) is 14.2. The predicted molar refractivity (Wildman–Crippen MR) is 91.9 cm³/mol. The van der Waals surface area contributed by atoms with Crippen molar-refractivity contribution in [3.05, 3.63) is 60.1 Å². The highest BCUT2D eigenvalue weighted by atomic mass is 16.3. The molecule has 1 heterocycles. The van der Waals surface area contributed by atoms with E-state index in [1.54, 1.807) is 30.2 Å². The Bertz CT molecular complexity index is 638. The Morgan fingerprint density at radius 1 is 1.17 bits per heavy atom. The second kappa shape index (κ2) is 8.91. The molecule has 0 saturated heterocycles. The Morgan fingerprint density at radius 3 is 2.54 bits per heavy atom. The van der Waals surface area contributed by atoms with Crippen LogP contribution in [0.5, 0.6) is 0 Å². The molecular weight excluding hydrogens is 304 g/mol. The molecule has 2 rings (SSSR count). The molecule has 0 aliphatic heterocycles. The van der Waals surface area contributed by atoms with Gasteiger partial charge in [0.05, 0.1) is 12.8 Å². The van der Waals surface area contributed by atoms with E-state index < -0.39 is 6.04 Å². The van der Waals surface area contributed by atoms with Gasteiger partial charge in [-0.15, -0.1) is 0 Å². The van der Waals surface area contributed by atoms with Crippen LogP contribution in [0.2, 0.25) is 0 Å². The summed E-state index contributed by atoms with van der Waals surface area (Å²) in [5.41, 5.74) is 1.01. The first kappa shape index (κ1) is 17.8. The van der Waals surface area contributed by atoms with Gasteiger partial charge >= 0.3 is 0 Å². The van der Waals surface area contributed by atoms with Gasteiger partial charge in [-0.25, -0.2) is 0 Å². The summed E-state index contributed by atoms with van der Waals surface area (Å²) in [6.07, 6.45) is 2.75. The topological polar surface area (TPSA) is 62.6 Å². The summed E-state index contributed by atoms with van der Waals surface area (Å²) < 4.78 is 5.21. The molecule has 1 aromatic heterocycles. The van der Waals surface area contributed by atoms with E-state index in [-0.39, 0.29) is 11.8 Å². The van der Waals surface area contributed by atoms with Crippen molar-refractivity contribution in [2.24, 2.45) is 0 Å². The van der Waals surface area contributed by atoms with E-state index >= 15 is 0 Å². The molecule has 0 aliphatic rings. The summed E-state index contributed by atoms with van der Waals surface area (Å²) in [6, 6.07) is 12.7. The molecule has 0 aliphatic carbocycles. The average molecular weight is 328 g/mol. The fourth-order valence-electron chi connectivity index (χ4n) is 2.46. The largest absolute Gasteiger partial charge is 0.467 e. The number of nitrogens with zero attached hydrogens (tertiary/aromatic N) is 1.